The van der Waals surface area contributed by atoms with Gasteiger partial charge in [-0.2, -0.15) is 0 Å². The Labute approximate surface area is 156 Å². The lowest BCUT2D eigenvalue weighted by atomic mass is 10.1. The molecule has 1 aromatic rings. The molecule has 2 fully saturated rings. The number of carbonyl (C=O) groups excluding carboxylic acids is 2. The van der Waals surface area contributed by atoms with Crippen LogP contribution in [-0.2, 0) is 20.9 Å². The zero-order valence-electron chi connectivity index (χ0n) is 15.7. The summed E-state index contributed by atoms with van der Waals surface area (Å²) in [6.07, 6.45) is 5.30. The fraction of sp³-hybridized carbons (Fsp3) is 0.619. The number of amides is 1. The molecule has 3 rings (SSSR count). The maximum atomic E-state index is 12.2. The second-order valence-electron chi connectivity index (χ2n) is 7.72. The van der Waals surface area contributed by atoms with E-state index in [9.17, 15) is 9.59 Å². The molecule has 2 aliphatic rings. The smallest absolute Gasteiger partial charge is 0.308 e. The minimum atomic E-state index is -0.212. The summed E-state index contributed by atoms with van der Waals surface area (Å²) in [6.45, 7) is 4.50. The van der Waals surface area contributed by atoms with E-state index >= 15 is 0 Å². The molecule has 1 saturated heterocycles. The van der Waals surface area contributed by atoms with Crippen LogP contribution in [0.1, 0.15) is 51.0 Å². The van der Waals surface area contributed by atoms with Crippen molar-refractivity contribution in [3.05, 3.63) is 35.9 Å². The van der Waals surface area contributed by atoms with Crippen molar-refractivity contribution >= 4 is 11.9 Å². The van der Waals surface area contributed by atoms with Crippen molar-refractivity contribution in [3.63, 3.8) is 0 Å². The van der Waals surface area contributed by atoms with Gasteiger partial charge in [-0.15, -0.1) is 0 Å². The van der Waals surface area contributed by atoms with Gasteiger partial charge in [-0.3, -0.25) is 14.5 Å². The summed E-state index contributed by atoms with van der Waals surface area (Å²) in [6, 6.07) is 10.2. The van der Waals surface area contributed by atoms with Crippen molar-refractivity contribution < 1.29 is 14.3 Å². The van der Waals surface area contributed by atoms with E-state index in [1.807, 2.05) is 25.1 Å². The molecule has 0 aromatic heterocycles. The number of nitrogens with one attached hydrogen (secondary N) is 1. The van der Waals surface area contributed by atoms with Crippen molar-refractivity contribution in [1.29, 1.82) is 0 Å². The standard InChI is InChI=1S/C21H30N2O3/c1-16(22-21(25)18-9-5-6-10-18)13-20(24)26-19-11-12-23(15-19)14-17-7-3-2-4-8-17/h2-4,7-8,16,18-19H,5-6,9-15H2,1H3,(H,22,25)/t16?,19-/m1/s1. The summed E-state index contributed by atoms with van der Waals surface area (Å²) < 4.78 is 5.63. The molecular formula is C21H30N2O3. The van der Waals surface area contributed by atoms with Crippen LogP contribution in [0.5, 0.6) is 0 Å². The highest BCUT2D eigenvalue weighted by molar-refractivity contribution is 5.80. The Morgan fingerprint density at radius 1 is 1.19 bits per heavy atom. The molecule has 1 heterocycles. The van der Waals surface area contributed by atoms with Gasteiger partial charge in [-0.25, -0.2) is 0 Å². The number of carbonyl (C=O) groups is 2. The molecule has 1 N–H and O–H groups in total. The van der Waals surface area contributed by atoms with E-state index < -0.39 is 0 Å². The molecular weight excluding hydrogens is 328 g/mol. The zero-order chi connectivity index (χ0) is 18.4. The maximum Gasteiger partial charge on any atom is 0.308 e. The number of hydrogen-bond donors (Lipinski definition) is 1. The first-order valence-electron chi connectivity index (χ1n) is 9.86. The van der Waals surface area contributed by atoms with E-state index in [0.717, 1.165) is 51.7 Å². The molecule has 1 aromatic carbocycles. The van der Waals surface area contributed by atoms with Gasteiger partial charge in [0.05, 0.1) is 6.42 Å². The summed E-state index contributed by atoms with van der Waals surface area (Å²) in [5.74, 6) is 0.0170. The van der Waals surface area contributed by atoms with Crippen LogP contribution >= 0.6 is 0 Å². The van der Waals surface area contributed by atoms with Crippen molar-refractivity contribution in [3.8, 4) is 0 Å². The molecule has 1 aliphatic heterocycles. The van der Waals surface area contributed by atoms with Crippen molar-refractivity contribution in [2.24, 2.45) is 5.92 Å². The van der Waals surface area contributed by atoms with E-state index in [0.29, 0.717) is 0 Å². The third kappa shape index (κ3) is 5.56. The first-order chi connectivity index (χ1) is 12.6. The van der Waals surface area contributed by atoms with Gasteiger partial charge in [0, 0.05) is 31.6 Å². The Morgan fingerprint density at radius 2 is 1.92 bits per heavy atom. The topological polar surface area (TPSA) is 58.6 Å². The van der Waals surface area contributed by atoms with Gasteiger partial charge in [0.25, 0.3) is 0 Å². The summed E-state index contributed by atoms with van der Waals surface area (Å²) in [5, 5.41) is 2.97. The Balaban J connectivity index is 1.36. The van der Waals surface area contributed by atoms with Gasteiger partial charge in [-0.05, 0) is 31.7 Å². The summed E-state index contributed by atoms with van der Waals surface area (Å²) in [4.78, 5) is 26.6. The maximum absolute atomic E-state index is 12.2. The van der Waals surface area contributed by atoms with E-state index in [2.05, 4.69) is 22.3 Å². The second kappa shape index (κ2) is 9.17. The Bertz CT molecular complexity index is 599. The molecule has 0 spiro atoms. The number of esters is 1. The van der Waals surface area contributed by atoms with Gasteiger partial charge in [0.2, 0.25) is 5.91 Å². The summed E-state index contributed by atoms with van der Waals surface area (Å²) in [5.41, 5.74) is 1.28. The first-order valence-corrected chi connectivity index (χ1v) is 9.86. The molecule has 142 valence electrons. The van der Waals surface area contributed by atoms with Crippen LogP contribution in [0.15, 0.2) is 30.3 Å². The number of rotatable bonds is 7. The monoisotopic (exact) mass is 358 g/mol. The van der Waals surface area contributed by atoms with Crippen LogP contribution < -0.4 is 5.32 Å². The van der Waals surface area contributed by atoms with Gasteiger partial charge in [-0.1, -0.05) is 43.2 Å². The average molecular weight is 358 g/mol. The van der Waals surface area contributed by atoms with Crippen LogP contribution in [0.3, 0.4) is 0 Å². The van der Waals surface area contributed by atoms with Crippen molar-refractivity contribution in [2.45, 2.75) is 64.1 Å². The first kappa shape index (κ1) is 18.9. The minimum Gasteiger partial charge on any atom is -0.461 e. The molecule has 5 nitrogen and oxygen atoms in total. The number of likely N-dealkylation sites (tertiary alicyclic amines) is 1. The third-order valence-corrected chi connectivity index (χ3v) is 5.36. The molecule has 0 bridgehead atoms. The summed E-state index contributed by atoms with van der Waals surface area (Å²) >= 11 is 0. The van der Waals surface area contributed by atoms with E-state index in [1.165, 1.54) is 5.56 Å². The molecule has 5 heteroatoms. The fourth-order valence-electron chi connectivity index (χ4n) is 3.96. The van der Waals surface area contributed by atoms with Gasteiger partial charge in [0.15, 0.2) is 0 Å². The molecule has 2 atom stereocenters. The second-order valence-corrected chi connectivity index (χ2v) is 7.72. The molecule has 0 radical (unpaired) electrons. The van der Waals surface area contributed by atoms with E-state index in [1.54, 1.807) is 0 Å². The van der Waals surface area contributed by atoms with E-state index in [-0.39, 0.29) is 36.4 Å². The molecule has 26 heavy (non-hydrogen) atoms. The predicted molar refractivity (Wildman–Crippen MR) is 100 cm³/mol. The van der Waals surface area contributed by atoms with Crippen LogP contribution in [-0.4, -0.2) is 42.0 Å². The highest BCUT2D eigenvalue weighted by atomic mass is 16.5. The number of nitrogens with zero attached hydrogens (tertiary/aromatic N) is 1. The Morgan fingerprint density at radius 3 is 2.65 bits per heavy atom. The number of hydrogen-bond acceptors (Lipinski definition) is 4. The van der Waals surface area contributed by atoms with Gasteiger partial charge >= 0.3 is 5.97 Å². The fourth-order valence-corrected chi connectivity index (χ4v) is 3.96. The molecule has 1 unspecified atom stereocenters. The lowest BCUT2D eigenvalue weighted by Crippen LogP contribution is -2.38. The van der Waals surface area contributed by atoms with Crippen molar-refractivity contribution in [1.82, 2.24) is 10.2 Å². The normalized spacial score (nSPS) is 22.3. The van der Waals surface area contributed by atoms with Crippen LogP contribution in [0.4, 0.5) is 0 Å². The van der Waals surface area contributed by atoms with Gasteiger partial charge in [0.1, 0.15) is 6.10 Å². The SMILES string of the molecule is CC(CC(=O)O[C@@H]1CCN(Cc2ccccc2)C1)NC(=O)C1CCCC1. The van der Waals surface area contributed by atoms with Crippen LogP contribution in [0.25, 0.3) is 0 Å². The van der Waals surface area contributed by atoms with E-state index in [4.69, 9.17) is 4.74 Å². The Hall–Kier alpha value is -1.88. The Kier molecular flexibility index (Phi) is 6.67. The minimum absolute atomic E-state index is 0.0380. The highest BCUT2D eigenvalue weighted by Gasteiger charge is 2.27. The zero-order valence-corrected chi connectivity index (χ0v) is 15.7. The van der Waals surface area contributed by atoms with Gasteiger partial charge < -0.3 is 10.1 Å². The third-order valence-electron chi connectivity index (χ3n) is 5.36. The molecule has 1 saturated carbocycles. The van der Waals surface area contributed by atoms with Crippen LogP contribution in [0, 0.1) is 5.92 Å². The average Bonchev–Trinajstić information content (AvgIpc) is 3.27. The highest BCUT2D eigenvalue weighted by Crippen LogP contribution is 2.25. The quantitative estimate of drug-likeness (QED) is 0.762. The molecule has 1 aliphatic carbocycles. The van der Waals surface area contributed by atoms with Crippen LogP contribution in [0.2, 0.25) is 0 Å². The predicted octanol–water partition coefficient (Wildman–Crippen LogP) is 2.89. The lowest BCUT2D eigenvalue weighted by Gasteiger charge is -2.19. The van der Waals surface area contributed by atoms with Crippen molar-refractivity contribution in [2.75, 3.05) is 13.1 Å². The number of ether oxygens (including phenoxy) is 1. The largest absolute Gasteiger partial charge is 0.461 e. The lowest BCUT2D eigenvalue weighted by molar-refractivity contribution is -0.149. The molecule has 1 amide bonds. The number of benzene rings is 1. The summed E-state index contributed by atoms with van der Waals surface area (Å²) in [7, 11) is 0.